The Kier molecular flexibility index (Phi) is 4.55. The molecule has 4 rings (SSSR count). The molecule has 0 saturated heterocycles. The van der Waals surface area contributed by atoms with Crippen LogP contribution in [0.3, 0.4) is 0 Å². The van der Waals surface area contributed by atoms with E-state index in [9.17, 15) is 10.2 Å². The van der Waals surface area contributed by atoms with Gasteiger partial charge in [0.2, 0.25) is 0 Å². The molecule has 5 nitrogen and oxygen atoms in total. The van der Waals surface area contributed by atoms with Crippen molar-refractivity contribution in [2.75, 3.05) is 5.73 Å². The van der Waals surface area contributed by atoms with Crippen LogP contribution in [0.5, 0.6) is 11.5 Å². The van der Waals surface area contributed by atoms with Crippen LogP contribution in [0.15, 0.2) is 60.7 Å². The number of ether oxygens (including phenoxy) is 1. The average Bonchev–Trinajstić information content (AvgIpc) is 2.68. The molecular formula is C24H24N2O3. The van der Waals surface area contributed by atoms with Crippen LogP contribution >= 0.6 is 0 Å². The number of phenolic OH excluding ortho intramolecular Hbond substituents is 1. The van der Waals surface area contributed by atoms with Gasteiger partial charge >= 0.3 is 0 Å². The molecule has 0 bridgehead atoms. The number of phenols is 1. The predicted molar refractivity (Wildman–Crippen MR) is 114 cm³/mol. The summed E-state index contributed by atoms with van der Waals surface area (Å²) in [5.41, 5.74) is 8.83. The van der Waals surface area contributed by atoms with E-state index in [-0.39, 0.29) is 5.75 Å². The molecule has 0 amide bonds. The Morgan fingerprint density at radius 2 is 1.79 bits per heavy atom. The summed E-state index contributed by atoms with van der Waals surface area (Å²) in [6, 6.07) is 18.3. The zero-order valence-corrected chi connectivity index (χ0v) is 16.4. The van der Waals surface area contributed by atoms with Crippen molar-refractivity contribution in [2.45, 2.75) is 31.5 Å². The van der Waals surface area contributed by atoms with Crippen LogP contribution in [-0.2, 0) is 5.60 Å². The zero-order valence-electron chi connectivity index (χ0n) is 16.4. The molecule has 3 unspecified atom stereocenters. The number of nitrogens with two attached hydrogens (primary N) is 1. The van der Waals surface area contributed by atoms with Crippen molar-refractivity contribution >= 4 is 11.9 Å². The van der Waals surface area contributed by atoms with E-state index in [1.807, 2.05) is 37.3 Å². The van der Waals surface area contributed by atoms with E-state index in [1.165, 1.54) is 0 Å². The van der Waals surface area contributed by atoms with Gasteiger partial charge in [-0.05, 0) is 49.2 Å². The van der Waals surface area contributed by atoms with E-state index in [1.54, 1.807) is 37.3 Å². The van der Waals surface area contributed by atoms with E-state index in [0.717, 1.165) is 22.9 Å². The SMILES string of the molecule is Cc1ccc(C2Oc3ccc(N)c(C=N)c3C(C)(O)C2c2cccc(O)c2)cc1. The number of aryl methyl sites for hydroxylation is 1. The van der Waals surface area contributed by atoms with Crippen LogP contribution in [-0.4, -0.2) is 16.4 Å². The molecule has 1 heterocycles. The number of hydrogen-bond donors (Lipinski definition) is 4. The molecule has 5 N–H and O–H groups in total. The van der Waals surface area contributed by atoms with Gasteiger partial charge in [0.25, 0.3) is 0 Å². The quantitative estimate of drug-likeness (QED) is 0.394. The largest absolute Gasteiger partial charge is 0.508 e. The third-order valence-electron chi connectivity index (χ3n) is 5.69. The van der Waals surface area contributed by atoms with Crippen molar-refractivity contribution in [3.63, 3.8) is 0 Å². The minimum Gasteiger partial charge on any atom is -0.508 e. The first kappa shape index (κ1) is 19.0. The third-order valence-corrected chi connectivity index (χ3v) is 5.69. The van der Waals surface area contributed by atoms with Crippen LogP contribution in [0.2, 0.25) is 0 Å². The highest BCUT2D eigenvalue weighted by Crippen LogP contribution is 2.55. The van der Waals surface area contributed by atoms with E-state index in [4.69, 9.17) is 15.9 Å². The number of benzene rings is 3. The van der Waals surface area contributed by atoms with Crippen molar-refractivity contribution < 1.29 is 14.9 Å². The molecular weight excluding hydrogens is 364 g/mol. The molecule has 0 radical (unpaired) electrons. The van der Waals surface area contributed by atoms with Crippen LogP contribution in [0.4, 0.5) is 5.69 Å². The molecule has 0 saturated carbocycles. The molecule has 0 spiro atoms. The van der Waals surface area contributed by atoms with Crippen molar-refractivity contribution in [2.24, 2.45) is 0 Å². The summed E-state index contributed by atoms with van der Waals surface area (Å²) in [4.78, 5) is 0. The molecule has 1 aliphatic rings. The fourth-order valence-electron chi connectivity index (χ4n) is 4.28. The van der Waals surface area contributed by atoms with Gasteiger partial charge in [0.15, 0.2) is 0 Å². The summed E-state index contributed by atoms with van der Waals surface area (Å²) in [7, 11) is 0. The van der Waals surface area contributed by atoms with E-state index in [0.29, 0.717) is 22.6 Å². The van der Waals surface area contributed by atoms with Crippen molar-refractivity contribution in [1.82, 2.24) is 0 Å². The molecule has 0 fully saturated rings. The van der Waals surface area contributed by atoms with Gasteiger partial charge in [-0.15, -0.1) is 0 Å². The molecule has 5 heteroatoms. The summed E-state index contributed by atoms with van der Waals surface area (Å²) in [6.45, 7) is 3.74. The number of hydrogen-bond acceptors (Lipinski definition) is 5. The zero-order chi connectivity index (χ0) is 20.8. The fraction of sp³-hybridized carbons (Fsp3) is 0.208. The maximum absolute atomic E-state index is 11.8. The topological polar surface area (TPSA) is 99.6 Å². The highest BCUT2D eigenvalue weighted by Gasteiger charge is 2.49. The summed E-state index contributed by atoms with van der Waals surface area (Å²) in [5.74, 6) is 0.0987. The Morgan fingerprint density at radius 3 is 2.45 bits per heavy atom. The lowest BCUT2D eigenvalue weighted by Crippen LogP contribution is -2.41. The third kappa shape index (κ3) is 3.13. The van der Waals surface area contributed by atoms with Gasteiger partial charge in [-0.1, -0.05) is 42.0 Å². The number of anilines is 1. The van der Waals surface area contributed by atoms with Crippen molar-refractivity contribution in [3.8, 4) is 11.5 Å². The van der Waals surface area contributed by atoms with E-state index in [2.05, 4.69) is 0 Å². The Morgan fingerprint density at radius 1 is 1.07 bits per heavy atom. The minimum absolute atomic E-state index is 0.117. The number of fused-ring (bicyclic) bond motifs is 1. The normalized spacial score (nSPS) is 23.1. The molecule has 148 valence electrons. The first-order chi connectivity index (χ1) is 13.8. The van der Waals surface area contributed by atoms with Gasteiger partial charge in [0.1, 0.15) is 23.2 Å². The van der Waals surface area contributed by atoms with E-state index < -0.39 is 17.6 Å². The predicted octanol–water partition coefficient (Wildman–Crippen LogP) is 4.41. The number of aromatic hydroxyl groups is 1. The molecule has 29 heavy (non-hydrogen) atoms. The van der Waals surface area contributed by atoms with Gasteiger partial charge in [-0.2, -0.15) is 0 Å². The molecule has 0 aliphatic carbocycles. The van der Waals surface area contributed by atoms with Crippen molar-refractivity contribution in [1.29, 1.82) is 5.41 Å². The van der Waals surface area contributed by atoms with Crippen LogP contribution in [0.25, 0.3) is 0 Å². The summed E-state index contributed by atoms with van der Waals surface area (Å²) in [6.07, 6.45) is 0.666. The maximum atomic E-state index is 11.8. The van der Waals surface area contributed by atoms with Crippen molar-refractivity contribution in [3.05, 3.63) is 88.5 Å². The lowest BCUT2D eigenvalue weighted by molar-refractivity contribution is -0.0425. The van der Waals surface area contributed by atoms with Gasteiger partial charge < -0.3 is 26.1 Å². The Bertz CT molecular complexity index is 1070. The first-order valence-corrected chi connectivity index (χ1v) is 9.51. The molecule has 3 aromatic rings. The second-order valence-corrected chi connectivity index (χ2v) is 7.76. The number of nitrogen functional groups attached to an aromatic ring is 1. The van der Waals surface area contributed by atoms with Gasteiger partial charge in [0.05, 0.1) is 5.92 Å². The number of aliphatic hydroxyl groups is 1. The van der Waals surface area contributed by atoms with E-state index >= 15 is 0 Å². The van der Waals surface area contributed by atoms with Crippen LogP contribution in [0.1, 0.15) is 46.8 Å². The smallest absolute Gasteiger partial charge is 0.134 e. The molecule has 0 aromatic heterocycles. The summed E-state index contributed by atoms with van der Waals surface area (Å²) in [5, 5.41) is 29.7. The summed E-state index contributed by atoms with van der Waals surface area (Å²) < 4.78 is 6.40. The monoisotopic (exact) mass is 388 g/mol. The molecule has 3 atom stereocenters. The highest BCUT2D eigenvalue weighted by molar-refractivity contribution is 5.89. The second-order valence-electron chi connectivity index (χ2n) is 7.76. The Hall–Kier alpha value is -3.31. The highest BCUT2D eigenvalue weighted by atomic mass is 16.5. The molecule has 3 aromatic carbocycles. The lowest BCUT2D eigenvalue weighted by Gasteiger charge is -2.45. The number of rotatable bonds is 3. The maximum Gasteiger partial charge on any atom is 0.134 e. The average molecular weight is 388 g/mol. The second kappa shape index (κ2) is 6.94. The van der Waals surface area contributed by atoms with Gasteiger partial charge in [0, 0.05) is 23.0 Å². The van der Waals surface area contributed by atoms with Gasteiger partial charge in [-0.25, -0.2) is 0 Å². The molecule has 1 aliphatic heterocycles. The Labute approximate surface area is 169 Å². The van der Waals surface area contributed by atoms with Crippen LogP contribution in [0, 0.1) is 12.3 Å². The first-order valence-electron chi connectivity index (χ1n) is 9.51. The lowest BCUT2D eigenvalue weighted by atomic mass is 9.70. The number of nitrogens with one attached hydrogen (secondary N) is 1. The van der Waals surface area contributed by atoms with Crippen LogP contribution < -0.4 is 10.5 Å². The minimum atomic E-state index is -1.39. The summed E-state index contributed by atoms with van der Waals surface area (Å²) >= 11 is 0. The Balaban J connectivity index is 1.98. The van der Waals surface area contributed by atoms with Gasteiger partial charge in [-0.3, -0.25) is 0 Å². The fourth-order valence-corrected chi connectivity index (χ4v) is 4.28. The standard InChI is InChI=1S/C24H24N2O3/c1-14-6-8-15(9-7-14)23-21(16-4-3-5-17(27)12-16)24(2,28)22-18(13-25)19(26)10-11-20(22)29-23/h3-13,21,23,25,27-28H,26H2,1-2H3.